The smallest absolute Gasteiger partial charge is 0.416 e. The largest absolute Gasteiger partial charge is 0.481 e. The molecule has 0 aromatic carbocycles. The Labute approximate surface area is 89.3 Å². The molecule has 0 amide bonds. The molecule has 2 N–H and O–H groups in total. The Morgan fingerprint density at radius 1 is 1.50 bits per heavy atom. The van der Waals surface area contributed by atoms with Crippen molar-refractivity contribution in [1.82, 2.24) is 9.97 Å². The Bertz CT molecular complexity index is 346. The summed E-state index contributed by atoms with van der Waals surface area (Å²) >= 11 is 0. The number of alkyl halides is 3. The van der Waals surface area contributed by atoms with Crippen LogP contribution in [-0.4, -0.2) is 41.0 Å². The molecule has 0 aliphatic rings. The van der Waals surface area contributed by atoms with Crippen LogP contribution in [-0.2, 0) is 0 Å². The first-order valence-electron chi connectivity index (χ1n) is 4.28. The van der Waals surface area contributed by atoms with Gasteiger partial charge in [-0.1, -0.05) is 0 Å². The van der Waals surface area contributed by atoms with Gasteiger partial charge in [-0.15, -0.1) is 0 Å². The van der Waals surface area contributed by atoms with Crippen LogP contribution in [0.15, 0.2) is 12.4 Å². The number of anilines is 1. The number of aliphatic hydroxyl groups is 1. The van der Waals surface area contributed by atoms with Crippen molar-refractivity contribution in [3.63, 3.8) is 0 Å². The first-order chi connectivity index (χ1) is 7.43. The summed E-state index contributed by atoms with van der Waals surface area (Å²) in [4.78, 5) is 7.34. The minimum Gasteiger partial charge on any atom is -0.481 e. The molecule has 1 aromatic heterocycles. The maximum Gasteiger partial charge on any atom is 0.416 e. The van der Waals surface area contributed by atoms with Crippen LogP contribution in [0.2, 0.25) is 0 Å². The van der Waals surface area contributed by atoms with E-state index in [4.69, 9.17) is 9.84 Å². The van der Waals surface area contributed by atoms with Gasteiger partial charge in [0.05, 0.1) is 13.7 Å². The molecule has 0 aliphatic heterocycles. The normalized spacial score (nSPS) is 13.3. The fraction of sp³-hybridized carbons (Fsp3) is 0.500. The number of halogens is 3. The molecule has 0 spiro atoms. The summed E-state index contributed by atoms with van der Waals surface area (Å²) in [5.74, 6) is 0.370. The summed E-state index contributed by atoms with van der Waals surface area (Å²) in [6.07, 6.45) is -5.95. The summed E-state index contributed by atoms with van der Waals surface area (Å²) < 4.78 is 40.6. The average Bonchev–Trinajstić information content (AvgIpc) is 2.25. The minimum atomic E-state index is -4.65. The van der Waals surface area contributed by atoms with E-state index in [0.717, 1.165) is 6.33 Å². The Balaban J connectivity index is 2.54. The fourth-order valence-corrected chi connectivity index (χ4v) is 0.865. The van der Waals surface area contributed by atoms with E-state index in [1.54, 1.807) is 0 Å². The van der Waals surface area contributed by atoms with Gasteiger partial charge in [0, 0.05) is 6.07 Å². The van der Waals surface area contributed by atoms with Crippen molar-refractivity contribution in [2.24, 2.45) is 0 Å². The fourth-order valence-electron chi connectivity index (χ4n) is 0.865. The number of methoxy groups -OCH3 is 1. The standard InChI is InChI=1S/C8H10F3N3O2/c1-16-7-2-6(13-4-14-7)12-3-5(15)8(9,10)11/h2,4-5,15H,3H2,1H3,(H,12,13,14). The highest BCUT2D eigenvalue weighted by Crippen LogP contribution is 2.20. The van der Waals surface area contributed by atoms with Crippen LogP contribution in [0.4, 0.5) is 19.0 Å². The van der Waals surface area contributed by atoms with E-state index in [1.807, 2.05) is 0 Å². The van der Waals surface area contributed by atoms with Gasteiger partial charge in [0.2, 0.25) is 5.88 Å². The molecule has 1 heterocycles. The highest BCUT2D eigenvalue weighted by Gasteiger charge is 2.37. The lowest BCUT2D eigenvalue weighted by Crippen LogP contribution is -2.35. The second-order valence-electron chi connectivity index (χ2n) is 2.88. The molecular formula is C8H10F3N3O2. The van der Waals surface area contributed by atoms with Crippen molar-refractivity contribution >= 4 is 5.82 Å². The van der Waals surface area contributed by atoms with Crippen molar-refractivity contribution in [2.45, 2.75) is 12.3 Å². The summed E-state index contributed by atoms with van der Waals surface area (Å²) in [7, 11) is 1.37. The number of hydrogen-bond acceptors (Lipinski definition) is 5. The molecule has 0 bridgehead atoms. The number of aliphatic hydroxyl groups excluding tert-OH is 1. The molecule has 1 rings (SSSR count). The first kappa shape index (κ1) is 12.5. The number of hydrogen-bond donors (Lipinski definition) is 2. The Morgan fingerprint density at radius 2 is 2.19 bits per heavy atom. The molecule has 0 saturated carbocycles. The van der Waals surface area contributed by atoms with E-state index < -0.39 is 18.8 Å². The highest BCUT2D eigenvalue weighted by atomic mass is 19.4. The summed E-state index contributed by atoms with van der Waals surface area (Å²) in [5.41, 5.74) is 0. The van der Waals surface area contributed by atoms with E-state index in [1.165, 1.54) is 13.2 Å². The maximum absolute atomic E-state index is 11.9. The van der Waals surface area contributed by atoms with Gasteiger partial charge < -0.3 is 15.2 Å². The van der Waals surface area contributed by atoms with E-state index in [-0.39, 0.29) is 11.7 Å². The summed E-state index contributed by atoms with van der Waals surface area (Å²) in [5, 5.41) is 11.0. The third-order valence-electron chi connectivity index (χ3n) is 1.71. The second-order valence-corrected chi connectivity index (χ2v) is 2.88. The van der Waals surface area contributed by atoms with E-state index in [0.29, 0.717) is 0 Å². The zero-order valence-corrected chi connectivity index (χ0v) is 8.32. The van der Waals surface area contributed by atoms with Crippen molar-refractivity contribution < 1.29 is 23.0 Å². The molecule has 0 saturated heterocycles. The second kappa shape index (κ2) is 4.97. The highest BCUT2D eigenvalue weighted by molar-refractivity contribution is 5.37. The summed E-state index contributed by atoms with van der Waals surface area (Å²) in [6.45, 7) is -0.677. The van der Waals surface area contributed by atoms with Gasteiger partial charge in [0.1, 0.15) is 12.1 Å². The van der Waals surface area contributed by atoms with Crippen LogP contribution in [0, 0.1) is 0 Å². The topological polar surface area (TPSA) is 67.3 Å². The maximum atomic E-state index is 11.9. The molecule has 90 valence electrons. The monoisotopic (exact) mass is 237 g/mol. The number of nitrogens with one attached hydrogen (secondary N) is 1. The van der Waals surface area contributed by atoms with Crippen LogP contribution >= 0.6 is 0 Å². The lowest BCUT2D eigenvalue weighted by Gasteiger charge is -2.15. The quantitative estimate of drug-likeness (QED) is 0.811. The summed E-state index contributed by atoms with van der Waals surface area (Å²) in [6, 6.07) is 1.32. The Morgan fingerprint density at radius 3 is 2.75 bits per heavy atom. The Kier molecular flexibility index (Phi) is 3.88. The van der Waals surface area contributed by atoms with Gasteiger partial charge in [0.25, 0.3) is 0 Å². The average molecular weight is 237 g/mol. The Hall–Kier alpha value is -1.57. The van der Waals surface area contributed by atoms with Crippen molar-refractivity contribution in [1.29, 1.82) is 0 Å². The van der Waals surface area contributed by atoms with E-state index >= 15 is 0 Å². The molecular weight excluding hydrogens is 227 g/mol. The molecule has 8 heteroatoms. The molecule has 1 atom stereocenters. The van der Waals surface area contributed by atoms with Crippen LogP contribution in [0.3, 0.4) is 0 Å². The van der Waals surface area contributed by atoms with Gasteiger partial charge in [-0.05, 0) is 0 Å². The van der Waals surface area contributed by atoms with Crippen molar-refractivity contribution in [2.75, 3.05) is 19.0 Å². The molecule has 0 fully saturated rings. The number of ether oxygens (including phenoxy) is 1. The van der Waals surface area contributed by atoms with Gasteiger partial charge >= 0.3 is 6.18 Å². The number of aromatic nitrogens is 2. The van der Waals surface area contributed by atoms with Gasteiger partial charge in [-0.2, -0.15) is 13.2 Å². The van der Waals surface area contributed by atoms with Crippen molar-refractivity contribution in [3.8, 4) is 5.88 Å². The van der Waals surface area contributed by atoms with Crippen LogP contribution in [0.5, 0.6) is 5.88 Å². The van der Waals surface area contributed by atoms with Crippen LogP contribution in [0.1, 0.15) is 0 Å². The van der Waals surface area contributed by atoms with Gasteiger partial charge in [-0.25, -0.2) is 9.97 Å². The lowest BCUT2D eigenvalue weighted by atomic mass is 10.3. The third kappa shape index (κ3) is 3.54. The van der Waals surface area contributed by atoms with Crippen LogP contribution in [0.25, 0.3) is 0 Å². The SMILES string of the molecule is COc1cc(NCC(O)C(F)(F)F)ncn1. The molecule has 16 heavy (non-hydrogen) atoms. The molecule has 0 aliphatic carbocycles. The van der Waals surface area contributed by atoms with E-state index in [2.05, 4.69) is 15.3 Å². The van der Waals surface area contributed by atoms with Gasteiger partial charge in [0.15, 0.2) is 6.10 Å². The zero-order chi connectivity index (χ0) is 12.2. The number of rotatable bonds is 4. The first-order valence-corrected chi connectivity index (χ1v) is 4.28. The van der Waals surface area contributed by atoms with E-state index in [9.17, 15) is 13.2 Å². The third-order valence-corrected chi connectivity index (χ3v) is 1.71. The predicted molar refractivity (Wildman–Crippen MR) is 49.1 cm³/mol. The van der Waals surface area contributed by atoms with Crippen molar-refractivity contribution in [3.05, 3.63) is 12.4 Å². The molecule has 1 unspecified atom stereocenters. The molecule has 1 aromatic rings. The zero-order valence-electron chi connectivity index (χ0n) is 8.32. The van der Waals surface area contributed by atoms with Crippen LogP contribution < -0.4 is 10.1 Å². The number of nitrogens with zero attached hydrogens (tertiary/aromatic N) is 2. The predicted octanol–water partition coefficient (Wildman–Crippen LogP) is 0.820. The lowest BCUT2D eigenvalue weighted by molar-refractivity contribution is -0.198. The minimum absolute atomic E-state index is 0.148. The van der Waals surface area contributed by atoms with Gasteiger partial charge in [-0.3, -0.25) is 0 Å². The molecule has 0 radical (unpaired) electrons. The molecule has 5 nitrogen and oxygen atoms in total.